The van der Waals surface area contributed by atoms with E-state index in [2.05, 4.69) is 10.2 Å². The molecular formula is C14H19IN2O2. The summed E-state index contributed by atoms with van der Waals surface area (Å²) < 4.78 is 0.753. The van der Waals surface area contributed by atoms with Gasteiger partial charge in [0.15, 0.2) is 0 Å². The fourth-order valence-corrected chi connectivity index (χ4v) is 2.60. The molecule has 0 bridgehead atoms. The number of phenols is 1. The van der Waals surface area contributed by atoms with Gasteiger partial charge in [0, 0.05) is 12.1 Å². The van der Waals surface area contributed by atoms with Crippen molar-refractivity contribution in [2.75, 3.05) is 26.2 Å². The van der Waals surface area contributed by atoms with E-state index in [0.29, 0.717) is 12.1 Å². The minimum Gasteiger partial charge on any atom is -0.507 e. The number of likely N-dealkylation sites (tertiary alicyclic amines) is 1. The van der Waals surface area contributed by atoms with E-state index >= 15 is 0 Å². The summed E-state index contributed by atoms with van der Waals surface area (Å²) in [5.41, 5.74) is 0.513. The Kier molecular flexibility index (Phi) is 5.45. The molecule has 5 heteroatoms. The average Bonchev–Trinajstić information content (AvgIpc) is 2.91. The third-order valence-corrected chi connectivity index (χ3v) is 4.26. The number of carbonyl (C=O) groups is 1. The minimum atomic E-state index is -0.117. The maximum Gasteiger partial charge on any atom is 0.251 e. The molecule has 104 valence electrons. The van der Waals surface area contributed by atoms with E-state index in [-0.39, 0.29) is 11.7 Å². The highest BCUT2D eigenvalue weighted by Gasteiger charge is 2.11. The average molecular weight is 374 g/mol. The standard InChI is InChI=1S/C14H19IN2O2/c15-12-5-4-11(10-13(12)18)14(19)16-6-3-9-17-7-1-2-8-17/h4-5,10,18H,1-3,6-9H2,(H,16,19). The molecule has 1 aromatic carbocycles. The predicted molar refractivity (Wildman–Crippen MR) is 83.4 cm³/mol. The Morgan fingerprint density at radius 3 is 2.79 bits per heavy atom. The van der Waals surface area contributed by atoms with Crippen molar-refractivity contribution in [3.05, 3.63) is 27.3 Å². The highest BCUT2D eigenvalue weighted by Crippen LogP contribution is 2.20. The zero-order valence-corrected chi connectivity index (χ0v) is 13.0. The van der Waals surface area contributed by atoms with Crippen molar-refractivity contribution in [1.82, 2.24) is 10.2 Å². The second kappa shape index (κ2) is 7.09. The Morgan fingerprint density at radius 1 is 1.37 bits per heavy atom. The summed E-state index contributed by atoms with van der Waals surface area (Å²) in [7, 11) is 0. The van der Waals surface area contributed by atoms with Crippen LogP contribution < -0.4 is 5.32 Å². The van der Waals surface area contributed by atoms with Gasteiger partial charge in [0.25, 0.3) is 5.91 Å². The maximum atomic E-state index is 11.9. The van der Waals surface area contributed by atoms with Gasteiger partial charge in [-0.25, -0.2) is 0 Å². The summed E-state index contributed by atoms with van der Waals surface area (Å²) in [5, 5.41) is 12.5. The summed E-state index contributed by atoms with van der Waals surface area (Å²) in [5.74, 6) is 0.0402. The topological polar surface area (TPSA) is 52.6 Å². The van der Waals surface area contributed by atoms with Crippen LogP contribution in [0, 0.1) is 3.57 Å². The molecular weight excluding hydrogens is 355 g/mol. The second-order valence-electron chi connectivity index (χ2n) is 4.82. The van der Waals surface area contributed by atoms with Gasteiger partial charge in [0.1, 0.15) is 5.75 Å². The quantitative estimate of drug-likeness (QED) is 0.614. The third kappa shape index (κ3) is 4.35. The van der Waals surface area contributed by atoms with Crippen LogP contribution in [0.4, 0.5) is 0 Å². The zero-order valence-electron chi connectivity index (χ0n) is 10.9. The Bertz CT molecular complexity index is 445. The molecule has 2 N–H and O–H groups in total. The molecule has 1 heterocycles. The Balaban J connectivity index is 1.72. The lowest BCUT2D eigenvalue weighted by Gasteiger charge is -2.14. The first-order valence-corrected chi connectivity index (χ1v) is 7.74. The fraction of sp³-hybridized carbons (Fsp3) is 0.500. The number of phenolic OH excluding ortho intramolecular Hbond substituents is 1. The van der Waals surface area contributed by atoms with E-state index in [4.69, 9.17) is 0 Å². The minimum absolute atomic E-state index is 0.117. The van der Waals surface area contributed by atoms with Gasteiger partial charge in [-0.15, -0.1) is 0 Å². The maximum absolute atomic E-state index is 11.9. The van der Waals surface area contributed by atoms with E-state index in [1.807, 2.05) is 22.6 Å². The van der Waals surface area contributed by atoms with Crippen molar-refractivity contribution in [3.8, 4) is 5.75 Å². The number of rotatable bonds is 5. The normalized spacial score (nSPS) is 15.6. The van der Waals surface area contributed by atoms with E-state index in [1.165, 1.54) is 32.0 Å². The number of aromatic hydroxyl groups is 1. The summed E-state index contributed by atoms with van der Waals surface area (Å²) in [4.78, 5) is 14.3. The van der Waals surface area contributed by atoms with Crippen LogP contribution in [0.1, 0.15) is 29.6 Å². The molecule has 1 amide bonds. The molecule has 0 unspecified atom stereocenters. The van der Waals surface area contributed by atoms with Crippen LogP contribution in [0.15, 0.2) is 18.2 Å². The largest absolute Gasteiger partial charge is 0.507 e. The number of carbonyl (C=O) groups excluding carboxylic acids is 1. The van der Waals surface area contributed by atoms with Crippen LogP contribution in [0.25, 0.3) is 0 Å². The number of benzene rings is 1. The molecule has 2 rings (SSSR count). The molecule has 1 fully saturated rings. The first kappa shape index (κ1) is 14.6. The molecule has 0 spiro atoms. The van der Waals surface area contributed by atoms with Gasteiger partial charge in [-0.05, 0) is 79.7 Å². The molecule has 0 saturated carbocycles. The fourth-order valence-electron chi connectivity index (χ4n) is 2.27. The molecule has 4 nitrogen and oxygen atoms in total. The van der Waals surface area contributed by atoms with Gasteiger partial charge < -0.3 is 15.3 Å². The van der Waals surface area contributed by atoms with Crippen molar-refractivity contribution in [3.63, 3.8) is 0 Å². The van der Waals surface area contributed by atoms with E-state index in [9.17, 15) is 9.90 Å². The third-order valence-electron chi connectivity index (χ3n) is 3.34. The molecule has 0 aliphatic carbocycles. The highest BCUT2D eigenvalue weighted by atomic mass is 127. The van der Waals surface area contributed by atoms with Gasteiger partial charge in [-0.3, -0.25) is 4.79 Å². The van der Waals surface area contributed by atoms with Crippen molar-refractivity contribution in [1.29, 1.82) is 0 Å². The lowest BCUT2D eigenvalue weighted by atomic mass is 10.2. The lowest BCUT2D eigenvalue weighted by molar-refractivity contribution is 0.0951. The first-order valence-electron chi connectivity index (χ1n) is 6.66. The van der Waals surface area contributed by atoms with Gasteiger partial charge in [-0.2, -0.15) is 0 Å². The van der Waals surface area contributed by atoms with Crippen LogP contribution >= 0.6 is 22.6 Å². The SMILES string of the molecule is O=C(NCCCN1CCCC1)c1ccc(I)c(O)c1. The number of hydrogen-bond acceptors (Lipinski definition) is 3. The van der Waals surface area contributed by atoms with Crippen LogP contribution in [0.3, 0.4) is 0 Å². The van der Waals surface area contributed by atoms with Crippen LogP contribution in [-0.4, -0.2) is 42.1 Å². The number of amides is 1. The predicted octanol–water partition coefficient (Wildman–Crippen LogP) is 2.21. The van der Waals surface area contributed by atoms with Crippen LogP contribution in [0.5, 0.6) is 5.75 Å². The molecule has 1 aliphatic heterocycles. The molecule has 1 aromatic rings. The van der Waals surface area contributed by atoms with Crippen LogP contribution in [-0.2, 0) is 0 Å². The van der Waals surface area contributed by atoms with Crippen molar-refractivity contribution in [2.24, 2.45) is 0 Å². The molecule has 1 saturated heterocycles. The van der Waals surface area contributed by atoms with Crippen LogP contribution in [0.2, 0.25) is 0 Å². The van der Waals surface area contributed by atoms with Gasteiger partial charge in [0.2, 0.25) is 0 Å². The van der Waals surface area contributed by atoms with E-state index < -0.39 is 0 Å². The molecule has 0 aromatic heterocycles. The molecule has 19 heavy (non-hydrogen) atoms. The smallest absolute Gasteiger partial charge is 0.251 e. The summed E-state index contributed by atoms with van der Waals surface area (Å²) >= 11 is 2.03. The number of nitrogens with one attached hydrogen (secondary N) is 1. The van der Waals surface area contributed by atoms with E-state index in [0.717, 1.165) is 16.5 Å². The highest BCUT2D eigenvalue weighted by molar-refractivity contribution is 14.1. The lowest BCUT2D eigenvalue weighted by Crippen LogP contribution is -2.28. The number of nitrogens with zero attached hydrogens (tertiary/aromatic N) is 1. The molecule has 0 atom stereocenters. The Labute approximate surface area is 127 Å². The summed E-state index contributed by atoms with van der Waals surface area (Å²) in [6.07, 6.45) is 3.57. The first-order chi connectivity index (χ1) is 9.16. The van der Waals surface area contributed by atoms with Gasteiger partial charge in [0.05, 0.1) is 3.57 Å². The van der Waals surface area contributed by atoms with Gasteiger partial charge >= 0.3 is 0 Å². The number of halogens is 1. The second-order valence-corrected chi connectivity index (χ2v) is 5.99. The van der Waals surface area contributed by atoms with Crippen molar-refractivity contribution < 1.29 is 9.90 Å². The van der Waals surface area contributed by atoms with E-state index in [1.54, 1.807) is 12.1 Å². The molecule has 0 radical (unpaired) electrons. The van der Waals surface area contributed by atoms with Crippen molar-refractivity contribution >= 4 is 28.5 Å². The Morgan fingerprint density at radius 2 is 2.11 bits per heavy atom. The number of hydrogen-bond donors (Lipinski definition) is 2. The zero-order chi connectivity index (χ0) is 13.7. The summed E-state index contributed by atoms with van der Waals surface area (Å²) in [6.45, 7) is 4.12. The molecule has 1 aliphatic rings. The van der Waals surface area contributed by atoms with Gasteiger partial charge in [-0.1, -0.05) is 0 Å². The monoisotopic (exact) mass is 374 g/mol. The summed E-state index contributed by atoms with van der Waals surface area (Å²) in [6, 6.07) is 4.99. The Hall–Kier alpha value is -0.820. The van der Waals surface area contributed by atoms with Crippen molar-refractivity contribution in [2.45, 2.75) is 19.3 Å².